The molecule has 1 aromatic heterocycles. The van der Waals surface area contributed by atoms with Crippen molar-refractivity contribution < 1.29 is 9.90 Å². The third kappa shape index (κ3) is 10.4. The van der Waals surface area contributed by atoms with Gasteiger partial charge in [0.25, 0.3) is 0 Å². The van der Waals surface area contributed by atoms with Gasteiger partial charge < -0.3 is 10.1 Å². The fourth-order valence-electron chi connectivity index (χ4n) is 0.780. The molecule has 14 heavy (non-hydrogen) atoms. The highest BCUT2D eigenvalue weighted by Crippen LogP contribution is 1.98. The lowest BCUT2D eigenvalue weighted by atomic mass is 10.2. The summed E-state index contributed by atoms with van der Waals surface area (Å²) in [6.07, 6.45) is 9.81. The van der Waals surface area contributed by atoms with Crippen LogP contribution in [-0.2, 0) is 4.79 Å². The van der Waals surface area contributed by atoms with Crippen molar-refractivity contribution in [2.45, 2.75) is 25.7 Å². The number of carboxylic acids is 1. The molecule has 0 unspecified atom stereocenters. The molecule has 0 saturated carbocycles. The maximum Gasteiger partial charge on any atom is 0.303 e. The fraction of sp³-hybridized carbons (Fsp3) is 0.400. The molecule has 0 atom stereocenters. The van der Waals surface area contributed by atoms with Crippen LogP contribution in [-0.4, -0.2) is 21.0 Å². The van der Waals surface area contributed by atoms with Crippen molar-refractivity contribution in [1.82, 2.24) is 9.97 Å². The van der Waals surface area contributed by atoms with Gasteiger partial charge in [0.05, 0.1) is 6.33 Å². The molecule has 0 radical (unpaired) electrons. The number of allylic oxidation sites excluding steroid dienone is 1. The number of aromatic amines is 1. The Kier molecular flexibility index (Phi) is 8.43. The highest BCUT2D eigenvalue weighted by molar-refractivity contribution is 5.66. The van der Waals surface area contributed by atoms with Gasteiger partial charge in [-0.3, -0.25) is 4.79 Å². The van der Waals surface area contributed by atoms with E-state index in [9.17, 15) is 4.79 Å². The van der Waals surface area contributed by atoms with Gasteiger partial charge in [-0.25, -0.2) is 4.98 Å². The highest BCUT2D eigenvalue weighted by atomic mass is 16.4. The number of carbonyl (C=O) groups is 1. The lowest BCUT2D eigenvalue weighted by molar-refractivity contribution is -0.137. The Morgan fingerprint density at radius 3 is 2.71 bits per heavy atom. The molecule has 0 bridgehead atoms. The minimum Gasteiger partial charge on any atom is -0.481 e. The first-order valence-corrected chi connectivity index (χ1v) is 4.52. The van der Waals surface area contributed by atoms with Crippen molar-refractivity contribution >= 4 is 5.97 Å². The third-order valence-electron chi connectivity index (χ3n) is 1.45. The molecular weight excluding hydrogens is 180 g/mol. The monoisotopic (exact) mass is 196 g/mol. The summed E-state index contributed by atoms with van der Waals surface area (Å²) in [4.78, 5) is 16.4. The summed E-state index contributed by atoms with van der Waals surface area (Å²) in [5, 5.41) is 8.19. The molecule has 0 aliphatic carbocycles. The van der Waals surface area contributed by atoms with Crippen molar-refractivity contribution in [2.24, 2.45) is 0 Å². The normalized spacial score (nSPS) is 8.57. The van der Waals surface area contributed by atoms with E-state index in [1.165, 1.54) is 0 Å². The number of rotatable bonds is 5. The van der Waals surface area contributed by atoms with E-state index in [0.29, 0.717) is 0 Å². The first-order chi connectivity index (χ1) is 6.77. The summed E-state index contributed by atoms with van der Waals surface area (Å²) in [6, 6.07) is 0. The summed E-state index contributed by atoms with van der Waals surface area (Å²) < 4.78 is 0. The summed E-state index contributed by atoms with van der Waals surface area (Å²) in [5.74, 6) is -0.709. The van der Waals surface area contributed by atoms with Crippen LogP contribution in [0.15, 0.2) is 31.4 Å². The zero-order valence-electron chi connectivity index (χ0n) is 8.15. The Labute approximate surface area is 83.7 Å². The van der Waals surface area contributed by atoms with E-state index < -0.39 is 5.97 Å². The number of H-pyrrole nitrogens is 1. The van der Waals surface area contributed by atoms with Crippen molar-refractivity contribution in [3.8, 4) is 0 Å². The third-order valence-corrected chi connectivity index (χ3v) is 1.45. The summed E-state index contributed by atoms with van der Waals surface area (Å²) >= 11 is 0. The number of unbranched alkanes of at least 4 members (excludes halogenated alkanes) is 2. The Balaban J connectivity index is 0.000000280. The number of nitrogens with zero attached hydrogens (tertiary/aromatic N) is 1. The number of carboxylic acid groups (broad SMARTS) is 1. The molecule has 0 aliphatic heterocycles. The predicted molar refractivity (Wildman–Crippen MR) is 54.9 cm³/mol. The highest BCUT2D eigenvalue weighted by Gasteiger charge is 1.93. The van der Waals surface area contributed by atoms with Gasteiger partial charge in [-0.1, -0.05) is 6.08 Å². The predicted octanol–water partition coefficient (Wildman–Crippen LogP) is 2.23. The zero-order chi connectivity index (χ0) is 10.6. The molecule has 4 nitrogen and oxygen atoms in total. The fourth-order valence-corrected chi connectivity index (χ4v) is 0.780. The molecule has 4 heteroatoms. The van der Waals surface area contributed by atoms with Gasteiger partial charge in [-0.05, 0) is 19.3 Å². The molecule has 0 aliphatic rings. The summed E-state index contributed by atoms with van der Waals surface area (Å²) in [5.41, 5.74) is 0. The number of nitrogens with one attached hydrogen (secondary N) is 1. The maximum atomic E-state index is 9.94. The standard InChI is InChI=1S/C7H12O2.C3H4N2/c1-2-3-4-5-6-7(8)9;1-2-5-3-4-1/h2H,1,3-6H2,(H,8,9);1-3H,(H,4,5). The molecule has 1 heterocycles. The molecule has 2 N–H and O–H groups in total. The SMILES string of the molecule is C=CCCCCC(=O)O.c1c[nH]cn1. The van der Waals surface area contributed by atoms with Crippen LogP contribution in [0.4, 0.5) is 0 Å². The van der Waals surface area contributed by atoms with E-state index in [1.807, 2.05) is 6.08 Å². The van der Waals surface area contributed by atoms with Crippen molar-refractivity contribution in [3.05, 3.63) is 31.4 Å². The number of hydrogen-bond acceptors (Lipinski definition) is 2. The lowest BCUT2D eigenvalue weighted by Gasteiger charge is -1.90. The van der Waals surface area contributed by atoms with Gasteiger partial charge >= 0.3 is 5.97 Å². The average molecular weight is 196 g/mol. The van der Waals surface area contributed by atoms with Crippen LogP contribution in [0.5, 0.6) is 0 Å². The second-order valence-corrected chi connectivity index (χ2v) is 2.69. The minimum atomic E-state index is -0.709. The van der Waals surface area contributed by atoms with Gasteiger partial charge in [0.1, 0.15) is 0 Å². The molecular formula is C10H16N2O2. The average Bonchev–Trinajstić information content (AvgIpc) is 2.70. The second-order valence-electron chi connectivity index (χ2n) is 2.69. The van der Waals surface area contributed by atoms with Crippen LogP contribution in [0, 0.1) is 0 Å². The first kappa shape index (κ1) is 12.4. The lowest BCUT2D eigenvalue weighted by Crippen LogP contribution is -1.92. The molecule has 0 spiro atoms. The van der Waals surface area contributed by atoms with Crippen molar-refractivity contribution in [1.29, 1.82) is 0 Å². The Morgan fingerprint density at radius 1 is 1.57 bits per heavy atom. The van der Waals surface area contributed by atoms with Gasteiger partial charge in [0, 0.05) is 18.8 Å². The zero-order valence-corrected chi connectivity index (χ0v) is 8.15. The van der Waals surface area contributed by atoms with E-state index in [1.54, 1.807) is 18.7 Å². The van der Waals surface area contributed by atoms with Gasteiger partial charge in [0.15, 0.2) is 0 Å². The van der Waals surface area contributed by atoms with Crippen molar-refractivity contribution in [2.75, 3.05) is 0 Å². The van der Waals surface area contributed by atoms with Crippen molar-refractivity contribution in [3.63, 3.8) is 0 Å². The van der Waals surface area contributed by atoms with Gasteiger partial charge in [0.2, 0.25) is 0 Å². The molecule has 1 aromatic rings. The van der Waals surface area contributed by atoms with Crippen LogP contribution in [0.3, 0.4) is 0 Å². The molecule has 0 amide bonds. The van der Waals surface area contributed by atoms with Gasteiger partial charge in [-0.15, -0.1) is 6.58 Å². The van der Waals surface area contributed by atoms with Crippen LogP contribution < -0.4 is 0 Å². The van der Waals surface area contributed by atoms with Crippen LogP contribution >= 0.6 is 0 Å². The quantitative estimate of drug-likeness (QED) is 0.560. The Morgan fingerprint density at radius 2 is 2.36 bits per heavy atom. The Hall–Kier alpha value is -1.58. The molecule has 0 aromatic carbocycles. The van der Waals surface area contributed by atoms with E-state index in [2.05, 4.69) is 16.5 Å². The van der Waals surface area contributed by atoms with Crippen LogP contribution in [0.2, 0.25) is 0 Å². The molecule has 1 rings (SSSR count). The second kappa shape index (κ2) is 9.51. The van der Waals surface area contributed by atoms with E-state index in [-0.39, 0.29) is 6.42 Å². The summed E-state index contributed by atoms with van der Waals surface area (Å²) in [6.45, 7) is 3.53. The smallest absolute Gasteiger partial charge is 0.303 e. The number of aliphatic carboxylic acids is 1. The number of aromatic nitrogens is 2. The van der Waals surface area contributed by atoms with Crippen LogP contribution in [0.1, 0.15) is 25.7 Å². The van der Waals surface area contributed by atoms with E-state index in [4.69, 9.17) is 5.11 Å². The van der Waals surface area contributed by atoms with E-state index >= 15 is 0 Å². The topological polar surface area (TPSA) is 66.0 Å². The largest absolute Gasteiger partial charge is 0.481 e. The Bertz CT molecular complexity index is 215. The number of hydrogen-bond donors (Lipinski definition) is 2. The summed E-state index contributed by atoms with van der Waals surface area (Å²) in [7, 11) is 0. The van der Waals surface area contributed by atoms with Crippen LogP contribution in [0.25, 0.3) is 0 Å². The minimum absolute atomic E-state index is 0.286. The molecule has 0 fully saturated rings. The van der Waals surface area contributed by atoms with Gasteiger partial charge in [-0.2, -0.15) is 0 Å². The molecule has 0 saturated heterocycles. The maximum absolute atomic E-state index is 9.94. The first-order valence-electron chi connectivity index (χ1n) is 4.52. The number of imidazole rings is 1. The molecule has 78 valence electrons. The van der Waals surface area contributed by atoms with E-state index in [0.717, 1.165) is 19.3 Å².